The van der Waals surface area contributed by atoms with Crippen LogP contribution in [0.5, 0.6) is 5.75 Å². The van der Waals surface area contributed by atoms with Crippen LogP contribution in [0.4, 0.5) is 0 Å². The van der Waals surface area contributed by atoms with Crippen molar-refractivity contribution >= 4 is 0 Å². The molecule has 2 heteroatoms. The fourth-order valence-corrected chi connectivity index (χ4v) is 3.14. The molecule has 3 aromatic rings. The van der Waals surface area contributed by atoms with E-state index in [4.69, 9.17) is 4.74 Å². The molecule has 0 spiro atoms. The number of hydrogen-bond donors (Lipinski definition) is 1. The second-order valence-corrected chi connectivity index (χ2v) is 7.23. The van der Waals surface area contributed by atoms with E-state index in [1.54, 1.807) is 0 Å². The van der Waals surface area contributed by atoms with Gasteiger partial charge >= 0.3 is 0 Å². The van der Waals surface area contributed by atoms with Crippen LogP contribution < -0.4 is 10.1 Å². The molecule has 0 saturated heterocycles. The average Bonchev–Trinajstić information content (AvgIpc) is 2.70. The first-order valence-corrected chi connectivity index (χ1v) is 9.73. The maximum absolute atomic E-state index is 5.97. The summed E-state index contributed by atoms with van der Waals surface area (Å²) in [5.74, 6) is 0.924. The number of hydrogen-bond acceptors (Lipinski definition) is 2. The van der Waals surface area contributed by atoms with Gasteiger partial charge in [-0.25, -0.2) is 0 Å². The van der Waals surface area contributed by atoms with Gasteiger partial charge in [0.15, 0.2) is 0 Å². The summed E-state index contributed by atoms with van der Waals surface area (Å²) in [6.45, 7) is 5.82. The lowest BCUT2D eigenvalue weighted by Gasteiger charge is -2.14. The summed E-state index contributed by atoms with van der Waals surface area (Å²) in [7, 11) is 0. The Kier molecular flexibility index (Phi) is 7.06. The molecule has 3 rings (SSSR count). The van der Waals surface area contributed by atoms with Crippen LogP contribution in [0, 0.1) is 6.92 Å². The molecule has 0 radical (unpaired) electrons. The van der Waals surface area contributed by atoms with Crippen molar-refractivity contribution in [3.8, 4) is 5.75 Å². The van der Waals surface area contributed by atoms with Crippen molar-refractivity contribution in [2.45, 2.75) is 45.9 Å². The molecular formula is C25H29NO. The van der Waals surface area contributed by atoms with Gasteiger partial charge in [-0.1, -0.05) is 72.3 Å². The quantitative estimate of drug-likeness (QED) is 0.530. The summed E-state index contributed by atoms with van der Waals surface area (Å²) in [6.07, 6.45) is 2.24. The molecule has 0 aromatic heterocycles. The van der Waals surface area contributed by atoms with E-state index in [0.29, 0.717) is 12.6 Å². The van der Waals surface area contributed by atoms with E-state index in [9.17, 15) is 0 Å². The molecule has 0 aliphatic heterocycles. The second-order valence-electron chi connectivity index (χ2n) is 7.23. The molecule has 27 heavy (non-hydrogen) atoms. The Morgan fingerprint density at radius 3 is 2.37 bits per heavy atom. The van der Waals surface area contributed by atoms with Crippen molar-refractivity contribution in [3.63, 3.8) is 0 Å². The first-order chi connectivity index (χ1) is 13.2. The highest BCUT2D eigenvalue weighted by atomic mass is 16.5. The monoisotopic (exact) mass is 359 g/mol. The molecule has 0 fully saturated rings. The fraction of sp³-hybridized carbons (Fsp3) is 0.280. The number of nitrogens with one attached hydrogen (secondary N) is 1. The van der Waals surface area contributed by atoms with E-state index in [1.165, 1.54) is 22.3 Å². The molecule has 0 aliphatic carbocycles. The molecule has 0 saturated carbocycles. The Bertz CT molecular complexity index is 828. The molecule has 1 atom stereocenters. The molecule has 140 valence electrons. The van der Waals surface area contributed by atoms with E-state index in [2.05, 4.69) is 92.0 Å². The normalized spacial score (nSPS) is 11.9. The third kappa shape index (κ3) is 6.58. The first kappa shape index (κ1) is 19.2. The largest absolute Gasteiger partial charge is 0.489 e. The summed E-state index contributed by atoms with van der Waals surface area (Å²) < 4.78 is 5.97. The molecule has 3 aromatic carbocycles. The van der Waals surface area contributed by atoms with Crippen molar-refractivity contribution in [1.82, 2.24) is 5.32 Å². The topological polar surface area (TPSA) is 21.3 Å². The van der Waals surface area contributed by atoms with E-state index >= 15 is 0 Å². The van der Waals surface area contributed by atoms with Gasteiger partial charge in [-0.3, -0.25) is 0 Å². The Labute approximate surface area is 163 Å². The zero-order valence-corrected chi connectivity index (χ0v) is 16.3. The van der Waals surface area contributed by atoms with Gasteiger partial charge in [0.2, 0.25) is 0 Å². The lowest BCUT2D eigenvalue weighted by atomic mass is 10.1. The van der Waals surface area contributed by atoms with Crippen LogP contribution in [-0.2, 0) is 19.6 Å². The summed E-state index contributed by atoms with van der Waals surface area (Å²) in [5, 5.41) is 3.62. The number of aryl methyl sites for hydroxylation is 2. The molecule has 1 N–H and O–H groups in total. The van der Waals surface area contributed by atoms with Crippen molar-refractivity contribution in [2.75, 3.05) is 0 Å². The molecule has 0 heterocycles. The summed E-state index contributed by atoms with van der Waals surface area (Å²) in [5.41, 5.74) is 5.12. The highest BCUT2D eigenvalue weighted by Gasteiger charge is 2.04. The highest BCUT2D eigenvalue weighted by molar-refractivity contribution is 5.29. The minimum atomic E-state index is 0.474. The molecule has 0 amide bonds. The van der Waals surface area contributed by atoms with Crippen molar-refractivity contribution in [3.05, 3.63) is 101 Å². The first-order valence-electron chi connectivity index (χ1n) is 9.73. The minimum Gasteiger partial charge on any atom is -0.489 e. The highest BCUT2D eigenvalue weighted by Crippen LogP contribution is 2.16. The van der Waals surface area contributed by atoms with Crippen LogP contribution in [0.25, 0.3) is 0 Å². The van der Waals surface area contributed by atoms with E-state index < -0.39 is 0 Å². The van der Waals surface area contributed by atoms with Gasteiger partial charge in [0, 0.05) is 12.6 Å². The van der Waals surface area contributed by atoms with Gasteiger partial charge in [-0.2, -0.15) is 0 Å². The molecule has 0 aliphatic rings. The van der Waals surface area contributed by atoms with Gasteiger partial charge in [0.05, 0.1) is 0 Å². The lowest BCUT2D eigenvalue weighted by Crippen LogP contribution is -2.25. The predicted octanol–water partition coefficient (Wildman–Crippen LogP) is 5.68. The summed E-state index contributed by atoms with van der Waals surface area (Å²) in [6, 6.07) is 28.0. The van der Waals surface area contributed by atoms with Crippen LogP contribution in [0.3, 0.4) is 0 Å². The van der Waals surface area contributed by atoms with E-state index in [1.807, 2.05) is 6.07 Å². The van der Waals surface area contributed by atoms with Crippen LogP contribution in [0.15, 0.2) is 78.9 Å². The third-order valence-electron chi connectivity index (χ3n) is 4.75. The predicted molar refractivity (Wildman–Crippen MR) is 113 cm³/mol. The Morgan fingerprint density at radius 2 is 1.56 bits per heavy atom. The van der Waals surface area contributed by atoms with Crippen molar-refractivity contribution in [2.24, 2.45) is 0 Å². The summed E-state index contributed by atoms with van der Waals surface area (Å²) >= 11 is 0. The van der Waals surface area contributed by atoms with Gasteiger partial charge in [-0.05, 0) is 55.5 Å². The minimum absolute atomic E-state index is 0.474. The Hall–Kier alpha value is -2.58. The average molecular weight is 360 g/mol. The van der Waals surface area contributed by atoms with Gasteiger partial charge in [-0.15, -0.1) is 0 Å². The van der Waals surface area contributed by atoms with Gasteiger partial charge < -0.3 is 10.1 Å². The summed E-state index contributed by atoms with van der Waals surface area (Å²) in [4.78, 5) is 0. The lowest BCUT2D eigenvalue weighted by molar-refractivity contribution is 0.305. The number of ether oxygens (including phenoxy) is 1. The standard InChI is InChI=1S/C25H29NO/c1-20-8-6-12-24(16-20)19-27-25-13-7-11-23(17-25)18-26-21(2)14-15-22-9-4-3-5-10-22/h3-13,16-17,21,26H,14-15,18-19H2,1-2H3/t21-/m1/s1. The smallest absolute Gasteiger partial charge is 0.120 e. The van der Waals surface area contributed by atoms with Crippen molar-refractivity contribution in [1.29, 1.82) is 0 Å². The van der Waals surface area contributed by atoms with Gasteiger partial charge in [0.25, 0.3) is 0 Å². The fourth-order valence-electron chi connectivity index (χ4n) is 3.14. The van der Waals surface area contributed by atoms with E-state index in [0.717, 1.165) is 25.1 Å². The van der Waals surface area contributed by atoms with Crippen LogP contribution in [-0.4, -0.2) is 6.04 Å². The maximum Gasteiger partial charge on any atom is 0.120 e. The molecule has 2 nitrogen and oxygen atoms in total. The molecular weight excluding hydrogens is 330 g/mol. The Morgan fingerprint density at radius 1 is 0.815 bits per heavy atom. The zero-order chi connectivity index (χ0) is 18.9. The third-order valence-corrected chi connectivity index (χ3v) is 4.75. The Balaban J connectivity index is 1.45. The van der Waals surface area contributed by atoms with E-state index in [-0.39, 0.29) is 0 Å². The SMILES string of the molecule is Cc1cccc(COc2cccc(CN[C@H](C)CCc3ccccc3)c2)c1. The van der Waals surface area contributed by atoms with Crippen LogP contribution in [0.1, 0.15) is 35.6 Å². The second kappa shape index (κ2) is 9.94. The van der Waals surface area contributed by atoms with Crippen LogP contribution >= 0.6 is 0 Å². The number of rotatable bonds is 9. The van der Waals surface area contributed by atoms with Gasteiger partial charge in [0.1, 0.15) is 12.4 Å². The zero-order valence-electron chi connectivity index (χ0n) is 16.3. The van der Waals surface area contributed by atoms with Crippen LogP contribution in [0.2, 0.25) is 0 Å². The molecule has 0 unspecified atom stereocenters. The maximum atomic E-state index is 5.97. The molecule has 0 bridgehead atoms. The van der Waals surface area contributed by atoms with Crippen molar-refractivity contribution < 1.29 is 4.74 Å². The number of benzene rings is 3.